The molecular formula is C20H14ClN5O3. The van der Waals surface area contributed by atoms with E-state index in [4.69, 9.17) is 16.1 Å². The van der Waals surface area contributed by atoms with E-state index in [-0.39, 0.29) is 17.9 Å². The third-order valence-corrected chi connectivity index (χ3v) is 4.35. The first-order valence-corrected chi connectivity index (χ1v) is 8.99. The molecule has 0 aliphatic rings. The zero-order valence-electron chi connectivity index (χ0n) is 14.9. The van der Waals surface area contributed by atoms with Crippen molar-refractivity contribution in [3.63, 3.8) is 0 Å². The van der Waals surface area contributed by atoms with Gasteiger partial charge >= 0.3 is 0 Å². The lowest BCUT2D eigenvalue weighted by Crippen LogP contribution is -2.28. The molecule has 4 rings (SSSR count). The Morgan fingerprint density at radius 1 is 0.931 bits per heavy atom. The van der Waals surface area contributed by atoms with Gasteiger partial charge in [0.15, 0.2) is 17.0 Å². The van der Waals surface area contributed by atoms with Crippen LogP contribution in [0.4, 0.5) is 5.69 Å². The van der Waals surface area contributed by atoms with Crippen LogP contribution in [0.1, 0.15) is 26.7 Å². The van der Waals surface area contributed by atoms with Gasteiger partial charge in [0.25, 0.3) is 11.8 Å². The van der Waals surface area contributed by atoms with Gasteiger partial charge in [0.1, 0.15) is 5.69 Å². The third-order valence-electron chi connectivity index (χ3n) is 4.10. The van der Waals surface area contributed by atoms with Crippen LogP contribution in [0.2, 0.25) is 5.02 Å². The number of aromatic nitrogens is 3. The molecule has 0 fully saturated rings. The number of rotatable bonds is 5. The van der Waals surface area contributed by atoms with Crippen molar-refractivity contribution in [3.8, 4) is 0 Å². The molecular weight excluding hydrogens is 394 g/mol. The van der Waals surface area contributed by atoms with Crippen LogP contribution in [0.15, 0.2) is 65.4 Å². The number of nitrogens with one attached hydrogen (secondary N) is 2. The summed E-state index contributed by atoms with van der Waals surface area (Å²) in [5, 5.41) is 10.7. The van der Waals surface area contributed by atoms with Gasteiger partial charge in [-0.15, -0.1) is 0 Å². The van der Waals surface area contributed by atoms with E-state index in [1.807, 2.05) is 18.2 Å². The molecule has 0 bridgehead atoms. The summed E-state index contributed by atoms with van der Waals surface area (Å²) in [6.45, 7) is 0.116. The maximum absolute atomic E-state index is 12.6. The highest BCUT2D eigenvalue weighted by Gasteiger charge is 2.21. The molecule has 0 saturated carbocycles. The molecule has 9 heteroatoms. The van der Waals surface area contributed by atoms with E-state index in [1.54, 1.807) is 30.3 Å². The summed E-state index contributed by atoms with van der Waals surface area (Å²) >= 11 is 5.85. The van der Waals surface area contributed by atoms with E-state index >= 15 is 0 Å². The first-order chi connectivity index (χ1) is 14.1. The Morgan fingerprint density at radius 3 is 2.38 bits per heavy atom. The summed E-state index contributed by atoms with van der Waals surface area (Å²) in [5.41, 5.74) is 1.53. The molecule has 144 valence electrons. The van der Waals surface area contributed by atoms with E-state index < -0.39 is 11.8 Å². The summed E-state index contributed by atoms with van der Waals surface area (Å²) in [5.74, 6) is -1.11. The monoisotopic (exact) mass is 407 g/mol. The molecule has 2 aromatic heterocycles. The fourth-order valence-corrected chi connectivity index (χ4v) is 2.83. The van der Waals surface area contributed by atoms with Crippen molar-refractivity contribution in [3.05, 3.63) is 83.0 Å². The highest BCUT2D eigenvalue weighted by molar-refractivity contribution is 6.30. The number of benzene rings is 2. The minimum atomic E-state index is -0.558. The number of halogens is 1. The maximum Gasteiger partial charge on any atom is 0.276 e. The molecule has 0 radical (unpaired) electrons. The molecule has 0 atom stereocenters. The summed E-state index contributed by atoms with van der Waals surface area (Å²) in [6, 6.07) is 13.9. The summed E-state index contributed by atoms with van der Waals surface area (Å²) in [4.78, 5) is 33.2. The van der Waals surface area contributed by atoms with Crippen molar-refractivity contribution >= 4 is 40.1 Å². The molecule has 0 saturated heterocycles. The van der Waals surface area contributed by atoms with Gasteiger partial charge in [-0.05, 0) is 36.4 Å². The van der Waals surface area contributed by atoms with E-state index in [1.165, 1.54) is 12.4 Å². The van der Waals surface area contributed by atoms with E-state index in [2.05, 4.69) is 25.8 Å². The van der Waals surface area contributed by atoms with Crippen LogP contribution in [0, 0.1) is 0 Å². The van der Waals surface area contributed by atoms with Gasteiger partial charge in [0.05, 0.1) is 6.54 Å². The number of para-hydroxylation sites is 1. The van der Waals surface area contributed by atoms with Crippen LogP contribution in [0.3, 0.4) is 0 Å². The summed E-state index contributed by atoms with van der Waals surface area (Å²) in [6.07, 6.45) is 2.69. The number of hydrogen-bond acceptors (Lipinski definition) is 6. The van der Waals surface area contributed by atoms with Crippen LogP contribution >= 0.6 is 11.6 Å². The fraction of sp³-hybridized carbons (Fsp3) is 0.0500. The van der Waals surface area contributed by atoms with Crippen LogP contribution in [0.25, 0.3) is 11.0 Å². The zero-order valence-corrected chi connectivity index (χ0v) is 15.7. The Kier molecular flexibility index (Phi) is 5.17. The Bertz CT molecular complexity index is 1190. The molecule has 2 heterocycles. The quantitative estimate of drug-likeness (QED) is 0.524. The zero-order chi connectivity index (χ0) is 20.2. The predicted molar refractivity (Wildman–Crippen MR) is 107 cm³/mol. The number of nitrogens with zero attached hydrogens (tertiary/aromatic N) is 3. The van der Waals surface area contributed by atoms with Crippen molar-refractivity contribution < 1.29 is 14.1 Å². The Hall–Kier alpha value is -3.78. The topological polar surface area (TPSA) is 110 Å². The van der Waals surface area contributed by atoms with Gasteiger partial charge in [0, 0.05) is 28.5 Å². The third kappa shape index (κ3) is 4.07. The van der Waals surface area contributed by atoms with Gasteiger partial charge < -0.3 is 15.2 Å². The van der Waals surface area contributed by atoms with Crippen molar-refractivity contribution in [2.24, 2.45) is 0 Å². The molecule has 0 unspecified atom stereocenters. The summed E-state index contributed by atoms with van der Waals surface area (Å²) in [7, 11) is 0. The van der Waals surface area contributed by atoms with Crippen LogP contribution < -0.4 is 10.6 Å². The number of carbonyl (C=O) groups is 2. The standard InChI is InChI=1S/C20H14ClN5O3/c21-12-5-7-13(8-6-12)25-20(28)18-17(22-9-10-23-18)19(27)24-11-15-14-3-1-2-4-16(14)29-26-15/h1-10H,11H2,(H,24,27)(H,25,28). The average Bonchev–Trinajstić information content (AvgIpc) is 3.17. The largest absolute Gasteiger partial charge is 0.356 e. The molecule has 0 aliphatic carbocycles. The Morgan fingerprint density at radius 2 is 1.62 bits per heavy atom. The molecule has 29 heavy (non-hydrogen) atoms. The van der Waals surface area contributed by atoms with Crippen molar-refractivity contribution in [1.29, 1.82) is 0 Å². The number of fused-ring (bicyclic) bond motifs is 1. The van der Waals surface area contributed by atoms with Gasteiger partial charge in [-0.25, -0.2) is 9.97 Å². The second kappa shape index (κ2) is 8.07. The molecule has 4 aromatic rings. The lowest BCUT2D eigenvalue weighted by atomic mass is 10.2. The Labute approximate surface area is 169 Å². The SMILES string of the molecule is O=C(NCc1noc2ccccc12)c1nccnc1C(=O)Nc1ccc(Cl)cc1. The molecule has 2 N–H and O–H groups in total. The van der Waals surface area contributed by atoms with Crippen LogP contribution in [-0.4, -0.2) is 26.9 Å². The minimum Gasteiger partial charge on any atom is -0.356 e. The van der Waals surface area contributed by atoms with Crippen molar-refractivity contribution in [2.45, 2.75) is 6.54 Å². The molecule has 0 aliphatic heterocycles. The van der Waals surface area contributed by atoms with E-state index in [0.29, 0.717) is 22.0 Å². The average molecular weight is 408 g/mol. The minimum absolute atomic E-state index is 0.0910. The maximum atomic E-state index is 12.6. The Balaban J connectivity index is 1.50. The smallest absolute Gasteiger partial charge is 0.276 e. The molecule has 2 amide bonds. The van der Waals surface area contributed by atoms with E-state index in [0.717, 1.165) is 5.39 Å². The number of hydrogen-bond donors (Lipinski definition) is 2. The highest BCUT2D eigenvalue weighted by atomic mass is 35.5. The van der Waals surface area contributed by atoms with Crippen molar-refractivity contribution in [1.82, 2.24) is 20.4 Å². The number of amides is 2. The second-order valence-corrected chi connectivity index (χ2v) is 6.46. The second-order valence-electron chi connectivity index (χ2n) is 6.02. The first kappa shape index (κ1) is 18.6. The lowest BCUT2D eigenvalue weighted by Gasteiger charge is -2.08. The van der Waals surface area contributed by atoms with Crippen LogP contribution in [-0.2, 0) is 6.54 Å². The highest BCUT2D eigenvalue weighted by Crippen LogP contribution is 2.18. The predicted octanol–water partition coefficient (Wildman–Crippen LogP) is 3.45. The van der Waals surface area contributed by atoms with Gasteiger partial charge in [0.2, 0.25) is 0 Å². The molecule has 2 aromatic carbocycles. The molecule has 8 nitrogen and oxygen atoms in total. The van der Waals surface area contributed by atoms with Gasteiger partial charge in [-0.3, -0.25) is 9.59 Å². The van der Waals surface area contributed by atoms with Crippen molar-refractivity contribution in [2.75, 3.05) is 5.32 Å². The number of anilines is 1. The van der Waals surface area contributed by atoms with E-state index in [9.17, 15) is 9.59 Å². The molecule has 0 spiro atoms. The van der Waals surface area contributed by atoms with Gasteiger partial charge in [-0.2, -0.15) is 0 Å². The first-order valence-electron chi connectivity index (χ1n) is 8.61. The fourth-order valence-electron chi connectivity index (χ4n) is 2.71. The number of carbonyl (C=O) groups excluding carboxylic acids is 2. The van der Waals surface area contributed by atoms with Gasteiger partial charge in [-0.1, -0.05) is 28.9 Å². The lowest BCUT2D eigenvalue weighted by molar-refractivity contribution is 0.0930. The normalized spacial score (nSPS) is 10.7. The van der Waals surface area contributed by atoms with Crippen LogP contribution in [0.5, 0.6) is 0 Å². The summed E-state index contributed by atoms with van der Waals surface area (Å²) < 4.78 is 5.22.